The first kappa shape index (κ1) is 11.5. The van der Waals surface area contributed by atoms with E-state index in [4.69, 9.17) is 4.74 Å². The van der Waals surface area contributed by atoms with Crippen LogP contribution in [-0.4, -0.2) is 15.9 Å². The smallest absolute Gasteiger partial charge is 0.157 e. The van der Waals surface area contributed by atoms with E-state index in [0.29, 0.717) is 6.10 Å². The SMILES string of the molecule is CCn1cc(OC2CC(C)CC(C)C2)cn1. The quantitative estimate of drug-likeness (QED) is 0.785. The Morgan fingerprint density at radius 3 is 2.56 bits per heavy atom. The second-order valence-corrected chi connectivity index (χ2v) is 5.19. The van der Waals surface area contributed by atoms with Crippen LogP contribution in [0.15, 0.2) is 12.4 Å². The molecule has 16 heavy (non-hydrogen) atoms. The second-order valence-electron chi connectivity index (χ2n) is 5.19. The normalized spacial score (nSPS) is 30.3. The van der Waals surface area contributed by atoms with Gasteiger partial charge in [0.1, 0.15) is 0 Å². The average Bonchev–Trinajstić information content (AvgIpc) is 2.64. The molecule has 0 radical (unpaired) electrons. The Labute approximate surface area is 97.8 Å². The van der Waals surface area contributed by atoms with Crippen molar-refractivity contribution in [2.45, 2.75) is 52.7 Å². The maximum atomic E-state index is 6.00. The minimum atomic E-state index is 0.383. The summed E-state index contributed by atoms with van der Waals surface area (Å²) in [5.41, 5.74) is 0. The van der Waals surface area contributed by atoms with Gasteiger partial charge < -0.3 is 4.74 Å². The van der Waals surface area contributed by atoms with Crippen molar-refractivity contribution in [2.75, 3.05) is 0 Å². The van der Waals surface area contributed by atoms with Crippen LogP contribution in [0.2, 0.25) is 0 Å². The predicted molar refractivity (Wildman–Crippen MR) is 64.5 cm³/mol. The van der Waals surface area contributed by atoms with E-state index >= 15 is 0 Å². The van der Waals surface area contributed by atoms with Crippen molar-refractivity contribution in [2.24, 2.45) is 11.8 Å². The third-order valence-electron chi connectivity index (χ3n) is 3.37. The van der Waals surface area contributed by atoms with Crippen LogP contribution in [-0.2, 0) is 6.54 Å². The minimum absolute atomic E-state index is 0.383. The van der Waals surface area contributed by atoms with Crippen molar-refractivity contribution >= 4 is 0 Å². The third-order valence-corrected chi connectivity index (χ3v) is 3.37. The molecule has 2 atom stereocenters. The van der Waals surface area contributed by atoms with Crippen LogP contribution in [0.1, 0.15) is 40.0 Å². The van der Waals surface area contributed by atoms with Crippen LogP contribution in [0, 0.1) is 11.8 Å². The van der Waals surface area contributed by atoms with Crippen molar-refractivity contribution in [1.82, 2.24) is 9.78 Å². The Morgan fingerprint density at radius 2 is 2.00 bits per heavy atom. The molecular formula is C13H22N2O. The summed E-state index contributed by atoms with van der Waals surface area (Å²) >= 11 is 0. The van der Waals surface area contributed by atoms with Crippen molar-refractivity contribution < 1.29 is 4.74 Å². The highest BCUT2D eigenvalue weighted by Gasteiger charge is 2.25. The number of aryl methyl sites for hydroxylation is 1. The first-order chi connectivity index (χ1) is 7.67. The van der Waals surface area contributed by atoms with E-state index in [2.05, 4.69) is 25.9 Å². The summed E-state index contributed by atoms with van der Waals surface area (Å²) in [6, 6.07) is 0. The minimum Gasteiger partial charge on any atom is -0.487 e. The summed E-state index contributed by atoms with van der Waals surface area (Å²) in [5.74, 6) is 2.50. The molecule has 1 saturated carbocycles. The summed E-state index contributed by atoms with van der Waals surface area (Å²) in [5, 5.41) is 4.23. The van der Waals surface area contributed by atoms with Crippen LogP contribution in [0.4, 0.5) is 0 Å². The molecule has 3 nitrogen and oxygen atoms in total. The number of hydrogen-bond acceptors (Lipinski definition) is 2. The Bertz CT molecular complexity index is 324. The molecule has 1 heterocycles. The fourth-order valence-corrected chi connectivity index (χ4v) is 2.74. The average molecular weight is 222 g/mol. The highest BCUT2D eigenvalue weighted by molar-refractivity contribution is 5.12. The summed E-state index contributed by atoms with van der Waals surface area (Å²) in [6.07, 6.45) is 7.91. The van der Waals surface area contributed by atoms with Gasteiger partial charge in [0.15, 0.2) is 5.75 Å². The number of hydrogen-bond donors (Lipinski definition) is 0. The Kier molecular flexibility index (Phi) is 3.52. The van der Waals surface area contributed by atoms with Gasteiger partial charge in [0, 0.05) is 6.54 Å². The second kappa shape index (κ2) is 4.89. The van der Waals surface area contributed by atoms with Gasteiger partial charge in [-0.15, -0.1) is 0 Å². The molecule has 1 aliphatic rings. The van der Waals surface area contributed by atoms with E-state index in [1.165, 1.54) is 19.3 Å². The fraction of sp³-hybridized carbons (Fsp3) is 0.769. The van der Waals surface area contributed by atoms with Gasteiger partial charge in [-0.3, -0.25) is 4.68 Å². The van der Waals surface area contributed by atoms with Gasteiger partial charge in [-0.25, -0.2) is 0 Å². The topological polar surface area (TPSA) is 27.1 Å². The maximum absolute atomic E-state index is 6.00. The van der Waals surface area contributed by atoms with E-state index in [9.17, 15) is 0 Å². The zero-order valence-corrected chi connectivity index (χ0v) is 10.5. The molecule has 1 aromatic rings. The molecule has 1 aromatic heterocycles. The summed E-state index contributed by atoms with van der Waals surface area (Å²) in [7, 11) is 0. The van der Waals surface area contributed by atoms with Crippen LogP contribution < -0.4 is 4.74 Å². The van der Waals surface area contributed by atoms with Crippen molar-refractivity contribution in [3.05, 3.63) is 12.4 Å². The van der Waals surface area contributed by atoms with Gasteiger partial charge in [0.05, 0.1) is 18.5 Å². The molecule has 0 aromatic carbocycles. The van der Waals surface area contributed by atoms with Crippen LogP contribution in [0.3, 0.4) is 0 Å². The highest BCUT2D eigenvalue weighted by Crippen LogP contribution is 2.31. The first-order valence-electron chi connectivity index (χ1n) is 6.36. The largest absolute Gasteiger partial charge is 0.487 e. The van der Waals surface area contributed by atoms with E-state index in [1.807, 2.05) is 17.1 Å². The fourth-order valence-electron chi connectivity index (χ4n) is 2.74. The summed E-state index contributed by atoms with van der Waals surface area (Å²) in [4.78, 5) is 0. The number of nitrogens with zero attached hydrogens (tertiary/aromatic N) is 2. The molecule has 0 aliphatic heterocycles. The number of aromatic nitrogens is 2. The van der Waals surface area contributed by atoms with E-state index < -0.39 is 0 Å². The highest BCUT2D eigenvalue weighted by atomic mass is 16.5. The summed E-state index contributed by atoms with van der Waals surface area (Å²) < 4.78 is 7.90. The maximum Gasteiger partial charge on any atom is 0.157 e. The first-order valence-corrected chi connectivity index (χ1v) is 6.36. The van der Waals surface area contributed by atoms with E-state index in [0.717, 1.165) is 24.1 Å². The van der Waals surface area contributed by atoms with E-state index in [-0.39, 0.29) is 0 Å². The zero-order valence-electron chi connectivity index (χ0n) is 10.5. The summed E-state index contributed by atoms with van der Waals surface area (Å²) in [6.45, 7) is 7.63. The van der Waals surface area contributed by atoms with Crippen LogP contribution in [0.25, 0.3) is 0 Å². The van der Waals surface area contributed by atoms with Gasteiger partial charge >= 0.3 is 0 Å². The molecule has 90 valence electrons. The van der Waals surface area contributed by atoms with Gasteiger partial charge in [0.2, 0.25) is 0 Å². The molecule has 2 unspecified atom stereocenters. The van der Waals surface area contributed by atoms with Crippen molar-refractivity contribution in [1.29, 1.82) is 0 Å². The lowest BCUT2D eigenvalue weighted by Crippen LogP contribution is -2.28. The number of rotatable bonds is 3. The monoisotopic (exact) mass is 222 g/mol. The lowest BCUT2D eigenvalue weighted by atomic mass is 9.82. The van der Waals surface area contributed by atoms with Crippen LogP contribution in [0.5, 0.6) is 5.75 Å². The van der Waals surface area contributed by atoms with Crippen molar-refractivity contribution in [3.8, 4) is 5.75 Å². The Balaban J connectivity index is 1.93. The van der Waals surface area contributed by atoms with Gasteiger partial charge in [-0.05, 0) is 38.0 Å². The Morgan fingerprint density at radius 1 is 1.31 bits per heavy atom. The molecule has 1 fully saturated rings. The van der Waals surface area contributed by atoms with Crippen molar-refractivity contribution in [3.63, 3.8) is 0 Å². The standard InChI is InChI=1S/C13H22N2O/c1-4-15-9-13(8-14-15)16-12-6-10(2)5-11(3)7-12/h8-12H,4-7H2,1-3H3. The molecular weight excluding hydrogens is 200 g/mol. The lowest BCUT2D eigenvalue weighted by molar-refractivity contribution is 0.101. The molecule has 0 N–H and O–H groups in total. The van der Waals surface area contributed by atoms with Gasteiger partial charge in [-0.1, -0.05) is 13.8 Å². The van der Waals surface area contributed by atoms with E-state index in [1.54, 1.807) is 0 Å². The molecule has 0 saturated heterocycles. The molecule has 3 heteroatoms. The third kappa shape index (κ3) is 2.77. The molecule has 0 amide bonds. The Hall–Kier alpha value is -0.990. The lowest BCUT2D eigenvalue weighted by Gasteiger charge is -2.31. The predicted octanol–water partition coefficient (Wildman–Crippen LogP) is 3.11. The van der Waals surface area contributed by atoms with Crippen LogP contribution >= 0.6 is 0 Å². The number of ether oxygens (including phenoxy) is 1. The van der Waals surface area contributed by atoms with Gasteiger partial charge in [-0.2, -0.15) is 5.10 Å². The van der Waals surface area contributed by atoms with Gasteiger partial charge in [0.25, 0.3) is 0 Å². The molecule has 2 rings (SSSR count). The molecule has 0 bridgehead atoms. The molecule has 1 aliphatic carbocycles. The molecule has 0 spiro atoms. The zero-order chi connectivity index (χ0) is 11.5.